The van der Waals surface area contributed by atoms with Crippen molar-refractivity contribution < 1.29 is 19.8 Å². The van der Waals surface area contributed by atoms with Gasteiger partial charge in [0.25, 0.3) is 0 Å². The minimum atomic E-state index is -1.04. The Balaban J connectivity index is 3.02. The van der Waals surface area contributed by atoms with Crippen molar-refractivity contribution in [3.63, 3.8) is 0 Å². The number of benzene rings is 1. The second kappa shape index (κ2) is 5.89. The van der Waals surface area contributed by atoms with E-state index in [2.05, 4.69) is 0 Å². The van der Waals surface area contributed by atoms with Crippen molar-refractivity contribution in [1.82, 2.24) is 0 Å². The lowest BCUT2D eigenvalue weighted by Gasteiger charge is -2.23. The third-order valence-corrected chi connectivity index (χ3v) is 2.37. The van der Waals surface area contributed by atoms with Crippen molar-refractivity contribution in [3.05, 3.63) is 29.8 Å². The molecule has 0 atom stereocenters. The second-order valence-electron chi connectivity index (χ2n) is 3.63. The number of para-hydroxylation sites is 1. The van der Waals surface area contributed by atoms with Gasteiger partial charge in [-0.1, -0.05) is 25.1 Å². The molecule has 0 heterocycles. The fourth-order valence-electron chi connectivity index (χ4n) is 1.67. The Kier molecular flexibility index (Phi) is 4.51. The fourth-order valence-corrected chi connectivity index (χ4v) is 1.67. The van der Waals surface area contributed by atoms with Gasteiger partial charge in [-0.05, 0) is 18.1 Å². The number of nitrogens with zero attached hydrogens (tertiary/aromatic N) is 1. The zero-order valence-corrected chi connectivity index (χ0v) is 9.59. The van der Waals surface area contributed by atoms with Crippen LogP contribution in [0.1, 0.15) is 12.5 Å². The van der Waals surface area contributed by atoms with Crippen LogP contribution in [0.15, 0.2) is 24.3 Å². The van der Waals surface area contributed by atoms with E-state index in [9.17, 15) is 9.59 Å². The molecule has 0 fully saturated rings. The molecule has 0 aromatic heterocycles. The number of rotatable bonds is 6. The first-order valence-corrected chi connectivity index (χ1v) is 5.31. The molecular weight excluding hydrogens is 222 g/mol. The predicted molar refractivity (Wildman–Crippen MR) is 63.3 cm³/mol. The second-order valence-corrected chi connectivity index (χ2v) is 3.63. The number of carbonyl (C=O) groups is 2. The minimum absolute atomic E-state index is 0.316. The SMILES string of the molecule is CCc1ccccc1N(CC(=O)O)CC(=O)O. The Morgan fingerprint density at radius 3 is 2.12 bits per heavy atom. The third kappa shape index (κ3) is 3.79. The number of carboxylic acids is 2. The first kappa shape index (κ1) is 13.0. The fraction of sp³-hybridized carbons (Fsp3) is 0.333. The number of aryl methyl sites for hydroxylation is 1. The van der Waals surface area contributed by atoms with Gasteiger partial charge < -0.3 is 15.1 Å². The van der Waals surface area contributed by atoms with Gasteiger partial charge in [0.1, 0.15) is 13.1 Å². The van der Waals surface area contributed by atoms with Crippen LogP contribution in [0.4, 0.5) is 5.69 Å². The van der Waals surface area contributed by atoms with Crippen LogP contribution in [0.3, 0.4) is 0 Å². The molecule has 1 aromatic rings. The number of anilines is 1. The van der Waals surface area contributed by atoms with Crippen LogP contribution >= 0.6 is 0 Å². The molecule has 5 heteroatoms. The maximum atomic E-state index is 10.7. The van der Waals surface area contributed by atoms with Crippen LogP contribution in [0.5, 0.6) is 0 Å². The molecule has 0 spiro atoms. The molecule has 1 rings (SSSR count). The molecule has 92 valence electrons. The highest BCUT2D eigenvalue weighted by Gasteiger charge is 2.16. The average Bonchev–Trinajstić information content (AvgIpc) is 2.27. The Labute approximate surface area is 99.3 Å². The van der Waals surface area contributed by atoms with E-state index in [0.29, 0.717) is 5.69 Å². The lowest BCUT2D eigenvalue weighted by Crippen LogP contribution is -2.35. The van der Waals surface area contributed by atoms with Crippen molar-refractivity contribution in [2.75, 3.05) is 18.0 Å². The van der Waals surface area contributed by atoms with Crippen LogP contribution in [0.25, 0.3) is 0 Å². The van der Waals surface area contributed by atoms with E-state index in [1.807, 2.05) is 19.1 Å². The summed E-state index contributed by atoms with van der Waals surface area (Å²) in [6, 6.07) is 7.23. The van der Waals surface area contributed by atoms with Crippen molar-refractivity contribution in [2.24, 2.45) is 0 Å². The first-order valence-electron chi connectivity index (χ1n) is 5.31. The van der Waals surface area contributed by atoms with Gasteiger partial charge in [0.2, 0.25) is 0 Å². The van der Waals surface area contributed by atoms with Gasteiger partial charge in [-0.2, -0.15) is 0 Å². The summed E-state index contributed by atoms with van der Waals surface area (Å²) in [5.74, 6) is -2.09. The third-order valence-electron chi connectivity index (χ3n) is 2.37. The zero-order chi connectivity index (χ0) is 12.8. The van der Waals surface area contributed by atoms with Crippen LogP contribution in [0.2, 0.25) is 0 Å². The molecule has 0 aliphatic rings. The summed E-state index contributed by atoms with van der Waals surface area (Å²) in [4.78, 5) is 22.8. The number of hydrogen-bond acceptors (Lipinski definition) is 3. The van der Waals surface area contributed by atoms with Crippen molar-refractivity contribution >= 4 is 17.6 Å². The number of carboxylic acid groups (broad SMARTS) is 2. The van der Waals surface area contributed by atoms with Crippen LogP contribution in [-0.4, -0.2) is 35.2 Å². The summed E-state index contributed by atoms with van der Waals surface area (Å²) in [6.45, 7) is 1.31. The van der Waals surface area contributed by atoms with E-state index in [1.165, 1.54) is 4.90 Å². The maximum Gasteiger partial charge on any atom is 0.323 e. The van der Waals surface area contributed by atoms with Gasteiger partial charge in [0.15, 0.2) is 0 Å². The van der Waals surface area contributed by atoms with Gasteiger partial charge in [0, 0.05) is 5.69 Å². The normalized spacial score (nSPS) is 9.94. The number of hydrogen-bond donors (Lipinski definition) is 2. The molecule has 0 aliphatic heterocycles. The molecule has 0 saturated heterocycles. The molecule has 17 heavy (non-hydrogen) atoms. The molecule has 0 amide bonds. The highest BCUT2D eigenvalue weighted by atomic mass is 16.4. The molecule has 0 unspecified atom stereocenters. The van der Waals surface area contributed by atoms with Crippen LogP contribution < -0.4 is 4.90 Å². The zero-order valence-electron chi connectivity index (χ0n) is 9.59. The number of aliphatic carboxylic acids is 2. The smallest absolute Gasteiger partial charge is 0.323 e. The summed E-state index contributed by atoms with van der Waals surface area (Å²) in [6.07, 6.45) is 0.728. The van der Waals surface area contributed by atoms with Crippen molar-refractivity contribution in [1.29, 1.82) is 0 Å². The van der Waals surface area contributed by atoms with E-state index in [4.69, 9.17) is 10.2 Å². The van der Waals surface area contributed by atoms with Crippen LogP contribution in [-0.2, 0) is 16.0 Å². The highest BCUT2D eigenvalue weighted by molar-refractivity contribution is 5.80. The topological polar surface area (TPSA) is 77.8 Å². The Morgan fingerprint density at radius 2 is 1.65 bits per heavy atom. The van der Waals surface area contributed by atoms with E-state index in [0.717, 1.165) is 12.0 Å². The van der Waals surface area contributed by atoms with Crippen molar-refractivity contribution in [2.45, 2.75) is 13.3 Å². The molecule has 2 N–H and O–H groups in total. The summed E-state index contributed by atoms with van der Waals surface area (Å²) in [7, 11) is 0. The van der Waals surface area contributed by atoms with E-state index >= 15 is 0 Å². The molecule has 0 saturated carbocycles. The lowest BCUT2D eigenvalue weighted by molar-refractivity contribution is -0.136. The highest BCUT2D eigenvalue weighted by Crippen LogP contribution is 2.20. The van der Waals surface area contributed by atoms with E-state index in [1.54, 1.807) is 12.1 Å². The Morgan fingerprint density at radius 1 is 1.12 bits per heavy atom. The van der Waals surface area contributed by atoms with E-state index < -0.39 is 11.9 Å². The quantitative estimate of drug-likeness (QED) is 0.778. The summed E-state index contributed by atoms with van der Waals surface area (Å²) >= 11 is 0. The molecule has 0 aliphatic carbocycles. The van der Waals surface area contributed by atoms with Crippen molar-refractivity contribution in [3.8, 4) is 0 Å². The standard InChI is InChI=1S/C12H15NO4/c1-2-9-5-3-4-6-10(9)13(7-11(14)15)8-12(16)17/h3-6H,2,7-8H2,1H3,(H,14,15)(H,16,17). The predicted octanol–water partition coefficient (Wildman–Crippen LogP) is 1.22. The van der Waals surface area contributed by atoms with Gasteiger partial charge >= 0.3 is 11.9 Å². The Hall–Kier alpha value is -2.04. The monoisotopic (exact) mass is 237 g/mol. The summed E-state index contributed by atoms with van der Waals surface area (Å²) in [5.41, 5.74) is 1.61. The first-order chi connectivity index (χ1) is 8.04. The maximum absolute atomic E-state index is 10.7. The minimum Gasteiger partial charge on any atom is -0.480 e. The van der Waals surface area contributed by atoms with Crippen LogP contribution in [0, 0.1) is 0 Å². The average molecular weight is 237 g/mol. The summed E-state index contributed by atoms with van der Waals surface area (Å²) in [5, 5.41) is 17.6. The lowest BCUT2D eigenvalue weighted by atomic mass is 10.1. The van der Waals surface area contributed by atoms with Gasteiger partial charge in [-0.25, -0.2) is 0 Å². The molecule has 1 aromatic carbocycles. The largest absolute Gasteiger partial charge is 0.480 e. The Bertz CT molecular complexity index is 401. The van der Waals surface area contributed by atoms with E-state index in [-0.39, 0.29) is 13.1 Å². The molecule has 0 radical (unpaired) electrons. The van der Waals surface area contributed by atoms with Gasteiger partial charge in [-0.15, -0.1) is 0 Å². The van der Waals surface area contributed by atoms with Gasteiger partial charge in [-0.3, -0.25) is 9.59 Å². The molecule has 0 bridgehead atoms. The molecule has 5 nitrogen and oxygen atoms in total. The molecular formula is C12H15NO4. The summed E-state index contributed by atoms with van der Waals surface area (Å²) < 4.78 is 0. The van der Waals surface area contributed by atoms with Gasteiger partial charge in [0.05, 0.1) is 0 Å².